The van der Waals surface area contributed by atoms with E-state index in [0.29, 0.717) is 98.9 Å². The Kier molecular flexibility index (Phi) is 34.2. The van der Waals surface area contributed by atoms with Crippen LogP contribution in [0.2, 0.25) is 0 Å². The van der Waals surface area contributed by atoms with Crippen LogP contribution in [0.1, 0.15) is 60.8 Å². The highest BCUT2D eigenvalue weighted by atomic mass is 16.6. The lowest BCUT2D eigenvalue weighted by Crippen LogP contribution is -2.59. The van der Waals surface area contributed by atoms with Crippen LogP contribution < -0.4 is 32.3 Å². The number of methoxy groups -OCH3 is 1. The van der Waals surface area contributed by atoms with Crippen molar-refractivity contribution in [2.75, 3.05) is 119 Å². The van der Waals surface area contributed by atoms with Gasteiger partial charge < -0.3 is 70.2 Å². The van der Waals surface area contributed by atoms with Crippen LogP contribution in [0, 0.1) is 11.8 Å². The van der Waals surface area contributed by atoms with E-state index in [2.05, 4.69) is 26.6 Å². The van der Waals surface area contributed by atoms with Crippen LogP contribution in [-0.2, 0) is 57.1 Å². The molecular weight excluding hydrogens is 748 g/mol. The highest BCUT2D eigenvalue weighted by Gasteiger charge is 2.31. The number of primary amides is 1. The molecule has 0 fully saturated rings. The van der Waals surface area contributed by atoms with Crippen LogP contribution in [-0.4, -0.2) is 173 Å². The molecule has 7 N–H and O–H groups in total. The van der Waals surface area contributed by atoms with Crippen molar-refractivity contribution in [1.29, 1.82) is 0 Å². The van der Waals surface area contributed by atoms with Crippen LogP contribution in [0.4, 0.5) is 4.79 Å². The Morgan fingerprint density at radius 1 is 0.561 bits per heavy atom. The lowest BCUT2D eigenvalue weighted by molar-refractivity contribution is -0.134. The average molecular weight is 823 g/mol. The SMILES string of the molecule is COCCOCCOCCOCCOCCOCCOCCOCCC(=O)NC[C@H](NC(C)C)C(=O)N[C@H](C(=O)N[C@@H](CCCNC(N)=O)C(=O)C(C)C)C(C)C. The van der Waals surface area contributed by atoms with Crippen molar-refractivity contribution in [2.24, 2.45) is 17.6 Å². The van der Waals surface area contributed by atoms with Gasteiger partial charge in [-0.1, -0.05) is 41.5 Å². The maximum absolute atomic E-state index is 13.4. The fraction of sp³-hybridized carbons (Fsp3) is 0.868. The first-order valence-corrected chi connectivity index (χ1v) is 20.0. The van der Waals surface area contributed by atoms with Gasteiger partial charge in [-0.05, 0) is 18.8 Å². The molecule has 19 nitrogen and oxygen atoms in total. The number of nitrogens with two attached hydrogens (primary N) is 1. The fourth-order valence-electron chi connectivity index (χ4n) is 4.92. The van der Waals surface area contributed by atoms with Gasteiger partial charge in [-0.25, -0.2) is 4.79 Å². The molecule has 0 heterocycles. The summed E-state index contributed by atoms with van der Waals surface area (Å²) < 4.78 is 43.0. The van der Waals surface area contributed by atoms with E-state index in [1.165, 1.54) is 0 Å². The smallest absolute Gasteiger partial charge is 0.312 e. The number of ketones is 1. The van der Waals surface area contributed by atoms with E-state index >= 15 is 0 Å². The fourth-order valence-corrected chi connectivity index (χ4v) is 4.92. The second-order valence-corrected chi connectivity index (χ2v) is 14.0. The highest BCUT2D eigenvalue weighted by Crippen LogP contribution is 2.09. The third kappa shape index (κ3) is 31.6. The molecule has 0 rings (SSSR count). The molecule has 0 aliphatic carbocycles. The van der Waals surface area contributed by atoms with Crippen molar-refractivity contribution in [1.82, 2.24) is 26.6 Å². The molecule has 0 aliphatic heterocycles. The maximum atomic E-state index is 13.4. The normalized spacial score (nSPS) is 13.1. The number of rotatable bonds is 39. The van der Waals surface area contributed by atoms with Gasteiger partial charge in [-0.15, -0.1) is 0 Å². The quantitative estimate of drug-likeness (QED) is 0.0445. The summed E-state index contributed by atoms with van der Waals surface area (Å²) in [6, 6.07) is -3.34. The lowest BCUT2D eigenvalue weighted by Gasteiger charge is -2.28. The van der Waals surface area contributed by atoms with Crippen LogP contribution in [0.3, 0.4) is 0 Å². The molecule has 0 unspecified atom stereocenters. The lowest BCUT2D eigenvalue weighted by atomic mass is 9.96. The number of hydrogen-bond acceptors (Lipinski definition) is 14. The molecule has 0 saturated carbocycles. The number of nitrogens with one attached hydrogen (secondary N) is 5. The highest BCUT2D eigenvalue weighted by molar-refractivity contribution is 5.94. The van der Waals surface area contributed by atoms with E-state index in [0.717, 1.165) is 0 Å². The predicted octanol–water partition coefficient (Wildman–Crippen LogP) is -0.0789. The Bertz CT molecular complexity index is 1070. The molecule has 0 spiro atoms. The standard InChI is InChI=1S/C38H74N6O13/c1-28(2)34(37(48)43-31(35(46)29(3)4)9-8-11-40-38(39)49)44-36(47)32(42-30(5)6)27-41-33(45)10-12-51-15-16-53-19-20-55-23-24-57-26-25-56-22-21-54-18-17-52-14-13-50-7/h28-32,34,42H,8-27H2,1-7H3,(H,41,45)(H,43,48)(H,44,47)(H3,39,40,49)/t31-,32-,34-/m0/s1. The second kappa shape index (κ2) is 36.1. The van der Waals surface area contributed by atoms with Crippen molar-refractivity contribution in [3.05, 3.63) is 0 Å². The van der Waals surface area contributed by atoms with E-state index in [4.69, 9.17) is 43.6 Å². The predicted molar refractivity (Wildman–Crippen MR) is 213 cm³/mol. The van der Waals surface area contributed by atoms with Gasteiger partial charge in [0.1, 0.15) is 12.1 Å². The van der Waals surface area contributed by atoms with Gasteiger partial charge in [-0.3, -0.25) is 19.2 Å². The number of urea groups is 1. The third-order valence-electron chi connectivity index (χ3n) is 7.94. The van der Waals surface area contributed by atoms with Crippen LogP contribution >= 0.6 is 0 Å². The zero-order valence-electron chi connectivity index (χ0n) is 35.5. The summed E-state index contributed by atoms with van der Waals surface area (Å²) in [4.78, 5) is 63.2. The zero-order valence-corrected chi connectivity index (χ0v) is 35.5. The molecule has 0 bridgehead atoms. The summed E-state index contributed by atoms with van der Waals surface area (Å²) in [7, 11) is 1.63. The van der Waals surface area contributed by atoms with E-state index in [9.17, 15) is 24.0 Å². The topological polar surface area (TPSA) is 245 Å². The zero-order chi connectivity index (χ0) is 42.7. The minimum absolute atomic E-state index is 0.0128. The molecule has 0 aromatic carbocycles. The molecule has 0 radical (unpaired) electrons. The number of hydrogen-bond donors (Lipinski definition) is 6. The Morgan fingerprint density at radius 3 is 1.42 bits per heavy atom. The molecule has 0 saturated heterocycles. The summed E-state index contributed by atoms with van der Waals surface area (Å²) in [6.45, 7) is 17.6. The maximum Gasteiger partial charge on any atom is 0.312 e. The number of carbonyl (C=O) groups is 5. The van der Waals surface area contributed by atoms with E-state index in [1.807, 2.05) is 13.8 Å². The third-order valence-corrected chi connectivity index (χ3v) is 7.94. The van der Waals surface area contributed by atoms with Crippen molar-refractivity contribution < 1.29 is 61.9 Å². The molecule has 334 valence electrons. The number of carbonyl (C=O) groups excluding carboxylic acids is 5. The summed E-state index contributed by atoms with van der Waals surface area (Å²) in [5.74, 6) is -2.08. The minimum atomic E-state index is -0.942. The minimum Gasteiger partial charge on any atom is -0.382 e. The van der Waals surface area contributed by atoms with E-state index in [-0.39, 0.29) is 62.1 Å². The number of ether oxygens (including phenoxy) is 8. The molecule has 57 heavy (non-hydrogen) atoms. The second-order valence-electron chi connectivity index (χ2n) is 14.0. The summed E-state index contributed by atoms with van der Waals surface area (Å²) >= 11 is 0. The summed E-state index contributed by atoms with van der Waals surface area (Å²) in [5, 5.41) is 14.0. The van der Waals surface area contributed by atoms with Crippen molar-refractivity contribution in [3.8, 4) is 0 Å². The molecule has 0 aliphatic rings. The summed E-state index contributed by atoms with van der Waals surface area (Å²) in [6.07, 6.45) is 0.791. The van der Waals surface area contributed by atoms with Gasteiger partial charge in [0.25, 0.3) is 0 Å². The van der Waals surface area contributed by atoms with Gasteiger partial charge in [0.05, 0.1) is 105 Å². The first-order valence-electron chi connectivity index (χ1n) is 20.0. The van der Waals surface area contributed by atoms with Crippen molar-refractivity contribution in [3.63, 3.8) is 0 Å². The van der Waals surface area contributed by atoms with E-state index < -0.39 is 36.0 Å². The van der Waals surface area contributed by atoms with Crippen LogP contribution in [0.25, 0.3) is 0 Å². The first kappa shape index (κ1) is 54.0. The molecule has 19 heteroatoms. The molecule has 0 aromatic heterocycles. The van der Waals surface area contributed by atoms with E-state index in [1.54, 1.807) is 34.8 Å². The van der Waals surface area contributed by atoms with Crippen molar-refractivity contribution in [2.45, 2.75) is 85.0 Å². The molecule has 3 atom stereocenters. The first-order chi connectivity index (χ1) is 27.3. The Balaban J connectivity index is 4.29. The van der Waals surface area contributed by atoms with Crippen LogP contribution in [0.5, 0.6) is 0 Å². The molecule has 0 aromatic rings. The molecule has 5 amide bonds. The number of amides is 5. The van der Waals surface area contributed by atoms with Gasteiger partial charge in [0.2, 0.25) is 17.7 Å². The van der Waals surface area contributed by atoms with Gasteiger partial charge in [0.15, 0.2) is 5.78 Å². The largest absolute Gasteiger partial charge is 0.382 e. The van der Waals surface area contributed by atoms with Gasteiger partial charge in [-0.2, -0.15) is 0 Å². The van der Waals surface area contributed by atoms with Crippen molar-refractivity contribution >= 4 is 29.5 Å². The monoisotopic (exact) mass is 823 g/mol. The van der Waals surface area contributed by atoms with Gasteiger partial charge >= 0.3 is 6.03 Å². The average Bonchev–Trinajstić information content (AvgIpc) is 3.15. The molecular formula is C38H74N6O13. The van der Waals surface area contributed by atoms with Gasteiger partial charge in [0, 0.05) is 38.6 Å². The van der Waals surface area contributed by atoms with Crippen LogP contribution in [0.15, 0.2) is 0 Å². The Labute approximate surface area is 339 Å². The summed E-state index contributed by atoms with van der Waals surface area (Å²) in [5.41, 5.74) is 5.12. The Hall–Kier alpha value is -3.01. The number of Topliss-reactive ketones (excluding diaryl/α,β-unsaturated/α-hetero) is 1. The Morgan fingerprint density at radius 2 is 1.02 bits per heavy atom.